The average molecular weight is 419 g/mol. The molecule has 4 rings (SSSR count). The molecule has 5 heteroatoms. The van der Waals surface area contributed by atoms with Gasteiger partial charge in [-0.2, -0.15) is 0 Å². The molecule has 0 spiro atoms. The van der Waals surface area contributed by atoms with Crippen molar-refractivity contribution in [2.45, 2.75) is 44.7 Å². The normalized spacial score (nSPS) is 15.0. The zero-order valence-corrected chi connectivity index (χ0v) is 17.9. The topological polar surface area (TPSA) is 49.4 Å². The lowest BCUT2D eigenvalue weighted by molar-refractivity contribution is -0.123. The van der Waals surface area contributed by atoms with Gasteiger partial charge in [0.25, 0.3) is 5.91 Å². The van der Waals surface area contributed by atoms with E-state index in [2.05, 4.69) is 5.32 Å². The fourth-order valence-electron chi connectivity index (χ4n) is 4.08. The molecule has 1 aliphatic rings. The van der Waals surface area contributed by atoms with Crippen molar-refractivity contribution in [3.63, 3.8) is 0 Å². The third-order valence-corrected chi connectivity index (χ3v) is 6.41. The van der Waals surface area contributed by atoms with Gasteiger partial charge in [0.15, 0.2) is 0 Å². The van der Waals surface area contributed by atoms with Crippen molar-refractivity contribution in [1.29, 1.82) is 0 Å². The second-order valence-corrected chi connectivity index (χ2v) is 8.74. The van der Waals surface area contributed by atoms with E-state index in [1.807, 2.05) is 79.0 Å². The van der Waals surface area contributed by atoms with Gasteiger partial charge in [-0.05, 0) is 54.5 Å². The summed E-state index contributed by atoms with van der Waals surface area (Å²) in [6, 6.07) is 20.5. The minimum atomic E-state index is -0.733. The van der Waals surface area contributed by atoms with E-state index in [0.29, 0.717) is 4.88 Å². The predicted molar refractivity (Wildman–Crippen MR) is 122 cm³/mol. The Morgan fingerprint density at radius 1 is 1.00 bits per heavy atom. The lowest BCUT2D eigenvalue weighted by atomic mass is 10.0. The van der Waals surface area contributed by atoms with E-state index in [4.69, 9.17) is 0 Å². The lowest BCUT2D eigenvalue weighted by Gasteiger charge is -2.32. The molecule has 1 N–H and O–H groups in total. The summed E-state index contributed by atoms with van der Waals surface area (Å²) in [6.07, 6.45) is 4.26. The summed E-state index contributed by atoms with van der Waals surface area (Å²) in [5, 5.41) is 5.10. The Kier molecular flexibility index (Phi) is 6.29. The van der Waals surface area contributed by atoms with E-state index < -0.39 is 6.04 Å². The van der Waals surface area contributed by atoms with Crippen molar-refractivity contribution in [2.75, 3.05) is 4.90 Å². The summed E-state index contributed by atoms with van der Waals surface area (Å²) in [5.74, 6) is -0.287. The molecule has 0 radical (unpaired) electrons. The van der Waals surface area contributed by atoms with Crippen LogP contribution in [0.1, 0.15) is 52.5 Å². The summed E-state index contributed by atoms with van der Waals surface area (Å²) >= 11 is 1.39. The summed E-state index contributed by atoms with van der Waals surface area (Å²) in [5.41, 5.74) is 2.57. The van der Waals surface area contributed by atoms with Gasteiger partial charge >= 0.3 is 0 Å². The number of aryl methyl sites for hydroxylation is 1. The molecule has 0 saturated heterocycles. The molecule has 30 heavy (non-hydrogen) atoms. The number of hydrogen-bond donors (Lipinski definition) is 1. The maximum atomic E-state index is 13.6. The van der Waals surface area contributed by atoms with Crippen molar-refractivity contribution in [3.05, 3.63) is 88.1 Å². The van der Waals surface area contributed by atoms with Gasteiger partial charge in [-0.1, -0.05) is 61.4 Å². The third-order valence-electron chi connectivity index (χ3n) is 5.55. The Morgan fingerprint density at radius 2 is 1.77 bits per heavy atom. The SMILES string of the molecule is Cc1cccc(N(C(=O)c2cccs2)[C@H](C(=O)NC2CCCC2)c2ccccc2)c1. The molecule has 1 heterocycles. The van der Waals surface area contributed by atoms with Gasteiger partial charge in [-0.15, -0.1) is 11.3 Å². The molecule has 1 fully saturated rings. The molecule has 154 valence electrons. The van der Waals surface area contributed by atoms with Gasteiger partial charge in [0.2, 0.25) is 5.91 Å². The number of carbonyl (C=O) groups is 2. The molecule has 0 bridgehead atoms. The molecule has 3 aromatic rings. The number of anilines is 1. The maximum absolute atomic E-state index is 13.6. The van der Waals surface area contributed by atoms with Crippen molar-refractivity contribution < 1.29 is 9.59 Å². The largest absolute Gasteiger partial charge is 0.351 e. The number of rotatable bonds is 6. The number of carbonyl (C=O) groups excluding carboxylic acids is 2. The van der Waals surface area contributed by atoms with Crippen LogP contribution < -0.4 is 10.2 Å². The van der Waals surface area contributed by atoms with Gasteiger partial charge in [0, 0.05) is 11.7 Å². The fourth-order valence-corrected chi connectivity index (χ4v) is 4.74. The van der Waals surface area contributed by atoms with E-state index >= 15 is 0 Å². The first-order valence-corrected chi connectivity index (χ1v) is 11.3. The van der Waals surface area contributed by atoms with Gasteiger partial charge < -0.3 is 5.32 Å². The molecule has 4 nitrogen and oxygen atoms in total. The Labute approximate surface area is 181 Å². The van der Waals surface area contributed by atoms with Crippen molar-refractivity contribution in [1.82, 2.24) is 5.32 Å². The highest BCUT2D eigenvalue weighted by molar-refractivity contribution is 7.12. The Balaban J connectivity index is 1.79. The highest BCUT2D eigenvalue weighted by atomic mass is 32.1. The van der Waals surface area contributed by atoms with Crippen LogP contribution in [0.25, 0.3) is 0 Å². The Bertz CT molecular complexity index is 995. The second-order valence-electron chi connectivity index (χ2n) is 7.79. The predicted octanol–water partition coefficient (Wildman–Crippen LogP) is 5.50. The average Bonchev–Trinajstić information content (AvgIpc) is 3.46. The standard InChI is InChI=1S/C25H26N2O2S/c1-18-9-7-14-21(17-18)27(25(29)22-15-8-16-30-22)23(19-10-3-2-4-11-19)24(28)26-20-12-5-6-13-20/h2-4,7-11,14-17,20,23H,5-6,12-13H2,1H3,(H,26,28)/t23-/m0/s1. The second kappa shape index (κ2) is 9.26. The smallest absolute Gasteiger partial charge is 0.269 e. The molecule has 1 saturated carbocycles. The van der Waals surface area contributed by atoms with Crippen LogP contribution in [-0.2, 0) is 4.79 Å². The van der Waals surface area contributed by atoms with E-state index in [0.717, 1.165) is 42.5 Å². The summed E-state index contributed by atoms with van der Waals surface area (Å²) in [4.78, 5) is 29.5. The van der Waals surface area contributed by atoms with Crippen molar-refractivity contribution in [2.24, 2.45) is 0 Å². The lowest BCUT2D eigenvalue weighted by Crippen LogP contribution is -2.46. The van der Waals surface area contributed by atoms with Crippen LogP contribution in [0, 0.1) is 6.92 Å². The quantitative estimate of drug-likeness (QED) is 0.574. The van der Waals surface area contributed by atoms with Gasteiger partial charge in [0.1, 0.15) is 6.04 Å². The van der Waals surface area contributed by atoms with Gasteiger partial charge in [-0.25, -0.2) is 0 Å². The van der Waals surface area contributed by atoms with Crippen LogP contribution in [0.2, 0.25) is 0 Å². The Hall–Kier alpha value is -2.92. The maximum Gasteiger partial charge on any atom is 0.269 e. The van der Waals surface area contributed by atoms with Crippen molar-refractivity contribution in [3.8, 4) is 0 Å². The molecule has 0 aliphatic heterocycles. The number of benzene rings is 2. The minimum Gasteiger partial charge on any atom is -0.351 e. The number of amides is 2. The number of nitrogens with one attached hydrogen (secondary N) is 1. The van der Waals surface area contributed by atoms with Crippen LogP contribution in [0.3, 0.4) is 0 Å². The minimum absolute atomic E-state index is 0.125. The molecule has 1 atom stereocenters. The highest BCUT2D eigenvalue weighted by Gasteiger charge is 2.35. The van der Waals surface area contributed by atoms with Crippen LogP contribution in [0.4, 0.5) is 5.69 Å². The number of nitrogens with zero attached hydrogens (tertiary/aromatic N) is 1. The molecule has 1 aromatic heterocycles. The van der Waals surface area contributed by atoms with E-state index in [1.54, 1.807) is 4.90 Å². The van der Waals surface area contributed by atoms with E-state index in [1.165, 1.54) is 11.3 Å². The monoisotopic (exact) mass is 418 g/mol. The third kappa shape index (κ3) is 4.46. The summed E-state index contributed by atoms with van der Waals surface area (Å²) < 4.78 is 0. The first kappa shape index (κ1) is 20.4. The molecule has 1 aliphatic carbocycles. The zero-order valence-electron chi connectivity index (χ0n) is 17.1. The van der Waals surface area contributed by atoms with E-state index in [9.17, 15) is 9.59 Å². The Morgan fingerprint density at radius 3 is 2.43 bits per heavy atom. The van der Waals surface area contributed by atoms with Crippen LogP contribution >= 0.6 is 11.3 Å². The summed E-state index contributed by atoms with van der Waals surface area (Å²) in [6.45, 7) is 1.99. The van der Waals surface area contributed by atoms with Crippen LogP contribution in [0.5, 0.6) is 0 Å². The van der Waals surface area contributed by atoms with E-state index in [-0.39, 0.29) is 17.9 Å². The van der Waals surface area contributed by atoms with Gasteiger partial charge in [0.05, 0.1) is 4.88 Å². The van der Waals surface area contributed by atoms with Crippen LogP contribution in [-0.4, -0.2) is 17.9 Å². The molecule has 2 amide bonds. The van der Waals surface area contributed by atoms with Gasteiger partial charge in [-0.3, -0.25) is 14.5 Å². The number of thiophene rings is 1. The molecular formula is C25H26N2O2S. The molecule has 2 aromatic carbocycles. The fraction of sp³-hybridized carbons (Fsp3) is 0.280. The first-order chi connectivity index (χ1) is 14.6. The summed E-state index contributed by atoms with van der Waals surface area (Å²) in [7, 11) is 0. The molecular weight excluding hydrogens is 392 g/mol. The highest BCUT2D eigenvalue weighted by Crippen LogP contribution is 2.32. The number of hydrogen-bond acceptors (Lipinski definition) is 3. The zero-order chi connectivity index (χ0) is 20.9. The van der Waals surface area contributed by atoms with Crippen LogP contribution in [0.15, 0.2) is 72.1 Å². The van der Waals surface area contributed by atoms with Crippen molar-refractivity contribution >= 4 is 28.8 Å². The first-order valence-electron chi connectivity index (χ1n) is 10.4. The molecule has 0 unspecified atom stereocenters.